The Bertz CT molecular complexity index is 824. The molecule has 1 aromatic carbocycles. The van der Waals surface area contributed by atoms with E-state index in [0.717, 1.165) is 24.8 Å². The Labute approximate surface area is 179 Å². The first kappa shape index (κ1) is 21.7. The highest BCUT2D eigenvalue weighted by Crippen LogP contribution is 2.63. The van der Waals surface area contributed by atoms with Crippen molar-refractivity contribution in [2.45, 2.75) is 38.3 Å². The summed E-state index contributed by atoms with van der Waals surface area (Å²) in [5.41, 5.74) is 0.0549. The first-order valence-electron chi connectivity index (χ1n) is 10.6. The summed E-state index contributed by atoms with van der Waals surface area (Å²) in [6.07, 6.45) is 0.737. The molecule has 1 amide bonds. The molecular formula is C22H27NO8. The van der Waals surface area contributed by atoms with Gasteiger partial charge in [0.2, 0.25) is 6.10 Å². The SMILES string of the molecule is O=C(O)C(OCc1ccccc1)C(=O)N1CC2C(C(=O)O)C2(COC2CCCCO2)C1. The Kier molecular flexibility index (Phi) is 6.27. The lowest BCUT2D eigenvalue weighted by atomic mass is 10.0. The van der Waals surface area contributed by atoms with Crippen molar-refractivity contribution in [3.63, 3.8) is 0 Å². The quantitative estimate of drug-likeness (QED) is 0.560. The molecule has 5 atom stereocenters. The Balaban J connectivity index is 1.39. The van der Waals surface area contributed by atoms with Gasteiger partial charge in [0.05, 0.1) is 19.1 Å². The summed E-state index contributed by atoms with van der Waals surface area (Å²) in [7, 11) is 0. The summed E-state index contributed by atoms with van der Waals surface area (Å²) in [5, 5.41) is 19.1. The second-order valence-electron chi connectivity index (χ2n) is 8.50. The molecule has 1 aromatic rings. The molecule has 4 rings (SSSR count). The number of rotatable bonds is 9. The van der Waals surface area contributed by atoms with Gasteiger partial charge in [0.15, 0.2) is 6.29 Å². The van der Waals surface area contributed by atoms with Crippen molar-refractivity contribution in [3.8, 4) is 0 Å². The van der Waals surface area contributed by atoms with Crippen molar-refractivity contribution >= 4 is 17.8 Å². The molecule has 9 nitrogen and oxygen atoms in total. The third-order valence-corrected chi connectivity index (χ3v) is 6.52. The number of amides is 1. The van der Waals surface area contributed by atoms with Gasteiger partial charge in [-0.05, 0) is 24.8 Å². The Hall–Kier alpha value is -2.49. The van der Waals surface area contributed by atoms with Crippen LogP contribution >= 0.6 is 0 Å². The molecule has 3 aliphatic rings. The van der Waals surface area contributed by atoms with Crippen LogP contribution in [0.4, 0.5) is 0 Å². The zero-order valence-electron chi connectivity index (χ0n) is 17.1. The van der Waals surface area contributed by atoms with Crippen LogP contribution in [0.5, 0.6) is 0 Å². The molecule has 0 spiro atoms. The number of benzene rings is 1. The number of carbonyl (C=O) groups is 3. The highest BCUT2D eigenvalue weighted by atomic mass is 16.7. The molecule has 5 unspecified atom stereocenters. The Morgan fingerprint density at radius 2 is 1.97 bits per heavy atom. The van der Waals surface area contributed by atoms with Crippen molar-refractivity contribution < 1.29 is 38.8 Å². The summed E-state index contributed by atoms with van der Waals surface area (Å²) in [4.78, 5) is 37.7. The lowest BCUT2D eigenvalue weighted by Crippen LogP contribution is -2.46. The van der Waals surface area contributed by atoms with Crippen molar-refractivity contribution in [1.82, 2.24) is 4.90 Å². The smallest absolute Gasteiger partial charge is 0.342 e. The van der Waals surface area contributed by atoms with Crippen LogP contribution in [0.25, 0.3) is 0 Å². The molecule has 0 bridgehead atoms. The van der Waals surface area contributed by atoms with Gasteiger partial charge in [0.1, 0.15) is 0 Å². The molecule has 9 heteroatoms. The summed E-state index contributed by atoms with van der Waals surface area (Å²) in [6.45, 7) is 1.10. The van der Waals surface area contributed by atoms with E-state index in [1.54, 1.807) is 24.3 Å². The van der Waals surface area contributed by atoms with E-state index in [0.29, 0.717) is 6.61 Å². The zero-order valence-corrected chi connectivity index (χ0v) is 17.1. The van der Waals surface area contributed by atoms with E-state index in [1.165, 1.54) is 4.90 Å². The number of carbonyl (C=O) groups excluding carboxylic acids is 1. The van der Waals surface area contributed by atoms with Crippen LogP contribution in [0.2, 0.25) is 0 Å². The number of hydrogen-bond donors (Lipinski definition) is 2. The molecule has 2 N–H and O–H groups in total. The number of nitrogens with zero attached hydrogens (tertiary/aromatic N) is 1. The first-order chi connectivity index (χ1) is 14.9. The van der Waals surface area contributed by atoms with Gasteiger partial charge in [-0.2, -0.15) is 0 Å². The van der Waals surface area contributed by atoms with Crippen molar-refractivity contribution in [2.24, 2.45) is 17.3 Å². The van der Waals surface area contributed by atoms with Gasteiger partial charge >= 0.3 is 11.9 Å². The van der Waals surface area contributed by atoms with Gasteiger partial charge in [-0.15, -0.1) is 0 Å². The monoisotopic (exact) mass is 433 g/mol. The first-order valence-corrected chi connectivity index (χ1v) is 10.6. The number of fused-ring (bicyclic) bond motifs is 1. The van der Waals surface area contributed by atoms with Gasteiger partial charge in [-0.3, -0.25) is 9.59 Å². The van der Waals surface area contributed by atoms with E-state index in [2.05, 4.69) is 0 Å². The van der Waals surface area contributed by atoms with E-state index in [9.17, 15) is 24.6 Å². The van der Waals surface area contributed by atoms with E-state index in [1.807, 2.05) is 6.07 Å². The van der Waals surface area contributed by atoms with Crippen LogP contribution in [0, 0.1) is 17.3 Å². The topological polar surface area (TPSA) is 123 Å². The zero-order chi connectivity index (χ0) is 22.0. The van der Waals surface area contributed by atoms with Crippen molar-refractivity contribution in [1.29, 1.82) is 0 Å². The lowest BCUT2D eigenvalue weighted by molar-refractivity contribution is -0.175. The van der Waals surface area contributed by atoms with Crippen molar-refractivity contribution in [2.75, 3.05) is 26.3 Å². The molecule has 2 aliphatic heterocycles. The molecule has 3 fully saturated rings. The minimum atomic E-state index is -1.64. The Morgan fingerprint density at radius 3 is 2.61 bits per heavy atom. The number of ether oxygens (including phenoxy) is 3. The molecule has 1 aliphatic carbocycles. The van der Waals surface area contributed by atoms with Gasteiger partial charge < -0.3 is 29.3 Å². The minimum Gasteiger partial charge on any atom is -0.481 e. The van der Waals surface area contributed by atoms with E-state index in [4.69, 9.17) is 14.2 Å². The van der Waals surface area contributed by atoms with Crippen LogP contribution in [0.1, 0.15) is 24.8 Å². The van der Waals surface area contributed by atoms with Crippen LogP contribution < -0.4 is 0 Å². The lowest BCUT2D eigenvalue weighted by Gasteiger charge is -2.28. The largest absolute Gasteiger partial charge is 0.481 e. The van der Waals surface area contributed by atoms with E-state index < -0.39 is 35.3 Å². The summed E-state index contributed by atoms with van der Waals surface area (Å²) < 4.78 is 16.8. The third kappa shape index (κ3) is 4.44. The molecule has 1 saturated carbocycles. The van der Waals surface area contributed by atoms with E-state index >= 15 is 0 Å². The molecule has 0 aromatic heterocycles. The summed E-state index contributed by atoms with van der Waals surface area (Å²) >= 11 is 0. The molecule has 168 valence electrons. The van der Waals surface area contributed by atoms with Crippen LogP contribution in [-0.2, 0) is 35.2 Å². The number of likely N-dealkylation sites (tertiary alicyclic amines) is 1. The molecule has 31 heavy (non-hydrogen) atoms. The maximum atomic E-state index is 12.9. The molecular weight excluding hydrogens is 406 g/mol. The fourth-order valence-electron chi connectivity index (χ4n) is 4.82. The van der Waals surface area contributed by atoms with Gasteiger partial charge in [0.25, 0.3) is 5.91 Å². The predicted octanol–water partition coefficient (Wildman–Crippen LogP) is 1.36. The Morgan fingerprint density at radius 1 is 1.19 bits per heavy atom. The second kappa shape index (κ2) is 8.94. The number of piperidine rings is 1. The van der Waals surface area contributed by atoms with Crippen LogP contribution in [-0.4, -0.2) is 71.7 Å². The predicted molar refractivity (Wildman–Crippen MR) is 106 cm³/mol. The maximum Gasteiger partial charge on any atom is 0.342 e. The number of carboxylic acid groups (broad SMARTS) is 2. The van der Waals surface area contributed by atoms with Gasteiger partial charge in [-0.1, -0.05) is 30.3 Å². The summed E-state index contributed by atoms with van der Waals surface area (Å²) in [6, 6.07) is 9.00. The number of carboxylic acids is 2. The molecule has 2 saturated heterocycles. The molecule has 0 radical (unpaired) electrons. The van der Waals surface area contributed by atoms with Crippen LogP contribution in [0.3, 0.4) is 0 Å². The highest BCUT2D eigenvalue weighted by Gasteiger charge is 2.73. The average molecular weight is 433 g/mol. The number of hydrogen-bond acceptors (Lipinski definition) is 6. The average Bonchev–Trinajstić information content (AvgIpc) is 3.23. The van der Waals surface area contributed by atoms with Crippen molar-refractivity contribution in [3.05, 3.63) is 35.9 Å². The highest BCUT2D eigenvalue weighted by molar-refractivity contribution is 6.00. The minimum absolute atomic E-state index is 0.00810. The second-order valence-corrected chi connectivity index (χ2v) is 8.50. The van der Waals surface area contributed by atoms with Gasteiger partial charge in [0, 0.05) is 31.0 Å². The maximum absolute atomic E-state index is 12.9. The van der Waals surface area contributed by atoms with E-state index in [-0.39, 0.29) is 38.5 Å². The van der Waals surface area contributed by atoms with Crippen LogP contribution in [0.15, 0.2) is 30.3 Å². The van der Waals surface area contributed by atoms with Gasteiger partial charge in [-0.25, -0.2) is 4.79 Å². The fourth-order valence-corrected chi connectivity index (χ4v) is 4.82. The fraction of sp³-hybridized carbons (Fsp3) is 0.591. The normalized spacial score (nSPS) is 30.5. The number of aliphatic carboxylic acids is 2. The summed E-state index contributed by atoms with van der Waals surface area (Å²) in [5.74, 6) is -3.81. The molecule has 2 heterocycles. The standard InChI is InChI=1S/C22H27NO8/c24-19(18(21(27)28)30-11-14-6-2-1-3-7-14)23-10-15-17(20(25)26)22(15,12-23)13-31-16-8-4-5-9-29-16/h1-3,6-7,15-18H,4-5,8-13H2,(H,25,26)(H,27,28). The third-order valence-electron chi connectivity index (χ3n) is 6.52.